The molecule has 1 fully saturated rings. The van der Waals surface area contributed by atoms with Crippen LogP contribution in [0, 0.1) is 28.2 Å². The zero-order valence-electron chi connectivity index (χ0n) is 57.5. The van der Waals surface area contributed by atoms with Crippen LogP contribution in [0.3, 0.4) is 0 Å². The molecule has 26 heteroatoms. The first-order valence-electron chi connectivity index (χ1n) is 31.6. The maximum atomic E-state index is 15.2. The van der Waals surface area contributed by atoms with E-state index in [1.165, 1.54) is 75.2 Å². The van der Waals surface area contributed by atoms with E-state index in [9.17, 15) is 57.8 Å². The number of nitrogens with zero attached hydrogens (tertiary/aromatic N) is 7. The Morgan fingerprint density at radius 2 is 1.14 bits per heavy atom. The lowest BCUT2D eigenvalue weighted by Crippen LogP contribution is -2.63. The maximum Gasteiger partial charge on any atom is 0.326 e. The van der Waals surface area contributed by atoms with Crippen LogP contribution in [0.4, 0.5) is 0 Å². The van der Waals surface area contributed by atoms with Crippen LogP contribution in [0.1, 0.15) is 103 Å². The van der Waals surface area contributed by atoms with Gasteiger partial charge in [-0.15, -0.1) is 0 Å². The zero-order valence-corrected chi connectivity index (χ0v) is 59.7. The highest BCUT2D eigenvalue weighted by Gasteiger charge is 2.44. The minimum Gasteiger partial charge on any atom is -0.497 e. The first kappa shape index (κ1) is 78.3. The number of hydrogen-bond acceptors (Lipinski definition) is 13. The number of aliphatic carboxylic acids is 1. The number of carbonyl (C=O) groups excluding carboxylic acids is 11. The average Bonchev–Trinajstić information content (AvgIpc) is 0.819. The van der Waals surface area contributed by atoms with Crippen LogP contribution in [0.15, 0.2) is 72.8 Å². The molecular formula is C68H98IN11O14. The second-order valence-corrected chi connectivity index (χ2v) is 27.3. The second-order valence-electron chi connectivity index (χ2n) is 26.1. The van der Waals surface area contributed by atoms with E-state index in [1.54, 1.807) is 90.1 Å². The molecule has 0 aromatic heterocycles. The summed E-state index contributed by atoms with van der Waals surface area (Å²) < 4.78 is 6.19. The highest BCUT2D eigenvalue weighted by molar-refractivity contribution is 14.1. The summed E-state index contributed by atoms with van der Waals surface area (Å²) in [6, 6.07) is 11.4. The summed E-state index contributed by atoms with van der Waals surface area (Å²) in [6.07, 6.45) is -0.644. The lowest BCUT2D eigenvalue weighted by molar-refractivity contribution is -0.154. The van der Waals surface area contributed by atoms with Gasteiger partial charge in [0, 0.05) is 72.2 Å². The van der Waals surface area contributed by atoms with Gasteiger partial charge in [0.25, 0.3) is 0 Å². The second kappa shape index (κ2) is 35.4. The molecule has 0 spiro atoms. The van der Waals surface area contributed by atoms with Crippen LogP contribution < -0.4 is 26.0 Å². The molecule has 25 nitrogen and oxygen atoms in total. The smallest absolute Gasteiger partial charge is 0.326 e. The number of methoxy groups -OCH3 is 1. The molecule has 8 atom stereocenters. The number of rotatable bonds is 14. The normalized spacial score (nSPS) is 22.9. The number of carboxylic acid groups (broad SMARTS) is 1. The van der Waals surface area contributed by atoms with Gasteiger partial charge in [0.15, 0.2) is 0 Å². The van der Waals surface area contributed by atoms with Gasteiger partial charge in [0.2, 0.25) is 65.0 Å². The van der Waals surface area contributed by atoms with Gasteiger partial charge < -0.3 is 65.4 Å². The number of nitrogens with one attached hydrogen (secondary N) is 4. The van der Waals surface area contributed by atoms with Gasteiger partial charge in [0.05, 0.1) is 33.2 Å². The lowest BCUT2D eigenvalue weighted by atomic mass is 9.95. The molecule has 0 radical (unpaired) electrons. The van der Waals surface area contributed by atoms with Crippen molar-refractivity contribution < 1.29 is 67.4 Å². The van der Waals surface area contributed by atoms with Crippen LogP contribution >= 0.6 is 22.6 Å². The summed E-state index contributed by atoms with van der Waals surface area (Å²) in [7, 11) is 10.8. The van der Waals surface area contributed by atoms with Gasteiger partial charge in [-0.2, -0.15) is 0 Å². The monoisotopic (exact) mass is 1420 g/mol. The van der Waals surface area contributed by atoms with E-state index in [1.807, 2.05) is 31.2 Å². The Kier molecular flexibility index (Phi) is 29.5. The molecular weight excluding hydrogens is 1320 g/mol. The van der Waals surface area contributed by atoms with Crippen molar-refractivity contribution in [3.8, 4) is 5.75 Å². The van der Waals surface area contributed by atoms with Crippen molar-refractivity contribution in [3.05, 3.63) is 98.6 Å². The number of benzene rings is 3. The molecule has 5 N–H and O–H groups in total. The topological polar surface area (TPSA) is 305 Å². The van der Waals surface area contributed by atoms with E-state index in [0.717, 1.165) is 38.5 Å². The number of amides is 11. The van der Waals surface area contributed by atoms with E-state index in [4.69, 9.17) is 4.74 Å². The van der Waals surface area contributed by atoms with Crippen LogP contribution in [0.5, 0.6) is 5.75 Å². The van der Waals surface area contributed by atoms with E-state index >= 15 is 4.79 Å². The van der Waals surface area contributed by atoms with Gasteiger partial charge in [-0.25, -0.2) is 4.79 Å². The van der Waals surface area contributed by atoms with Gasteiger partial charge in [-0.1, -0.05) is 102 Å². The van der Waals surface area contributed by atoms with Crippen molar-refractivity contribution in [2.45, 2.75) is 155 Å². The summed E-state index contributed by atoms with van der Waals surface area (Å²) in [6.45, 7) is 13.7. The van der Waals surface area contributed by atoms with E-state index < -0.39 is 151 Å². The fraction of sp³-hybridized carbons (Fsp3) is 0.559. The van der Waals surface area contributed by atoms with E-state index in [-0.39, 0.29) is 43.9 Å². The third-order valence-electron chi connectivity index (χ3n) is 17.3. The van der Waals surface area contributed by atoms with Crippen molar-refractivity contribution in [2.24, 2.45) is 17.8 Å². The van der Waals surface area contributed by atoms with Crippen molar-refractivity contribution in [1.29, 1.82) is 0 Å². The summed E-state index contributed by atoms with van der Waals surface area (Å²) in [5.41, 5.74) is 0.994. The predicted octanol–water partition coefficient (Wildman–Crippen LogP) is 3.30. The molecule has 3 aromatic rings. The van der Waals surface area contributed by atoms with Crippen LogP contribution in [-0.4, -0.2) is 234 Å². The molecule has 0 bridgehead atoms. The molecule has 1 aliphatic heterocycles. The third-order valence-corrected chi connectivity index (χ3v) is 18.0. The summed E-state index contributed by atoms with van der Waals surface area (Å²) in [5, 5.41) is 21.9. The first-order chi connectivity index (χ1) is 43.9. The van der Waals surface area contributed by atoms with Crippen molar-refractivity contribution in [1.82, 2.24) is 55.6 Å². The van der Waals surface area contributed by atoms with Gasteiger partial charge in [-0.05, 0) is 115 Å². The van der Waals surface area contributed by atoms with Crippen LogP contribution in [-0.2, 0) is 76.8 Å². The number of carboxylic acids is 1. The fourth-order valence-corrected chi connectivity index (χ4v) is 11.3. The highest BCUT2D eigenvalue weighted by Crippen LogP contribution is 2.23. The van der Waals surface area contributed by atoms with Crippen molar-refractivity contribution in [2.75, 3.05) is 76.1 Å². The Hall–Kier alpha value is -8.17. The van der Waals surface area contributed by atoms with E-state index in [0.29, 0.717) is 28.9 Å². The SMILES string of the molecule is CC[C@H](C)[C@@H]1NC(=O)[C@H](CC(C)C)N(C)C(=O)C[C@@H](C(=O)O)N(C)C(=O)[C@H](CC(C)C)NC(=O)C(C)(C)N(C)C(=O)[C@H](Cc2ccc(OC)cc2)NC(=O)[C@H](Cc2cccc(I)c2)NC(=O)CN(C)C(=O)[C@H](Cc2ccc(C)cc2)N(C)C(=O)CN(C)C(=O)CN(C)C1=O. The Morgan fingerprint density at radius 1 is 0.585 bits per heavy atom. The molecule has 1 aliphatic rings. The third kappa shape index (κ3) is 22.0. The van der Waals surface area contributed by atoms with Gasteiger partial charge in [0.1, 0.15) is 53.6 Å². The van der Waals surface area contributed by atoms with Gasteiger partial charge in [-0.3, -0.25) is 52.7 Å². The molecule has 0 saturated carbocycles. The lowest BCUT2D eigenvalue weighted by Gasteiger charge is -2.38. The number of likely N-dealkylation sites (N-methyl/N-ethyl adjacent to an activating group) is 7. The van der Waals surface area contributed by atoms with Crippen LogP contribution in [0.25, 0.3) is 0 Å². The summed E-state index contributed by atoms with van der Waals surface area (Å²) in [4.78, 5) is 181. The van der Waals surface area contributed by atoms with Crippen molar-refractivity contribution >= 4 is 93.5 Å². The quantitative estimate of drug-likeness (QED) is 0.145. The Balaban J connectivity index is 1.90. The minimum absolute atomic E-state index is 0.0159. The molecule has 3 aromatic carbocycles. The molecule has 1 saturated heterocycles. The Morgan fingerprint density at radius 3 is 1.70 bits per heavy atom. The zero-order chi connectivity index (χ0) is 70.8. The molecule has 1 heterocycles. The molecule has 11 amide bonds. The molecule has 0 unspecified atom stereocenters. The molecule has 516 valence electrons. The molecule has 94 heavy (non-hydrogen) atoms. The Bertz CT molecular complexity index is 3200. The standard InChI is InChI=1S/C68H98IN11O14/c1-18-43(7)59-65(90)76(12)38-57(83)74(10)39-58(84)78(14)53(35-45-24-22-42(6)23-25-45)64(89)75(11)37-55(81)70-49(34-46-20-19-21-47(69)32-46)60(85)71-51(33-44-26-28-48(94-17)29-27-44)63(88)80(16)68(8,9)67(93)72-50(30-40(2)3)62(87)79(15)54(66(91)92)36-56(82)77(13)52(31-41(4)5)61(86)73-59/h19-29,32,40-41,43,49-54,59H,18,30-31,33-39H2,1-17H3,(H,70,81)(H,71,85)(H,72,93)(H,73,86)(H,91,92)/t43-,49-,50-,51-,52-,53-,54-,59-/m0/s1. The van der Waals surface area contributed by atoms with Crippen molar-refractivity contribution in [3.63, 3.8) is 0 Å². The molecule has 0 aliphatic carbocycles. The number of carbonyl (C=O) groups is 12. The van der Waals surface area contributed by atoms with Crippen LogP contribution in [0.2, 0.25) is 0 Å². The summed E-state index contributed by atoms with van der Waals surface area (Å²) in [5.74, 6) is -10.4. The average molecular weight is 1420 g/mol. The largest absolute Gasteiger partial charge is 0.497 e. The highest BCUT2D eigenvalue weighted by atomic mass is 127. The summed E-state index contributed by atoms with van der Waals surface area (Å²) >= 11 is 2.11. The van der Waals surface area contributed by atoms with Gasteiger partial charge >= 0.3 is 5.97 Å². The minimum atomic E-state index is -1.82. The van der Waals surface area contributed by atoms with E-state index in [2.05, 4.69) is 43.9 Å². The predicted molar refractivity (Wildman–Crippen MR) is 362 cm³/mol. The number of halogens is 1. The Labute approximate surface area is 566 Å². The fourth-order valence-electron chi connectivity index (χ4n) is 10.7. The first-order valence-corrected chi connectivity index (χ1v) is 32.7. The molecule has 4 rings (SSSR count). The number of ether oxygens (including phenoxy) is 1. The maximum absolute atomic E-state index is 15.2. The number of aryl methyl sites for hydroxylation is 1. The number of hydrogen-bond donors (Lipinski definition) is 5.